The van der Waals surface area contributed by atoms with E-state index in [1.807, 2.05) is 6.07 Å². The van der Waals surface area contributed by atoms with E-state index in [1.165, 1.54) is 12.8 Å². The fourth-order valence-electron chi connectivity index (χ4n) is 2.15. The first-order chi connectivity index (χ1) is 9.16. The molecule has 19 heavy (non-hydrogen) atoms. The van der Waals surface area contributed by atoms with Crippen molar-refractivity contribution in [3.8, 4) is 0 Å². The Morgan fingerprint density at radius 1 is 1.47 bits per heavy atom. The number of pyridine rings is 1. The smallest absolute Gasteiger partial charge is 0.252 e. The van der Waals surface area contributed by atoms with Gasteiger partial charge in [0.2, 0.25) is 0 Å². The van der Waals surface area contributed by atoms with Gasteiger partial charge in [-0.3, -0.25) is 4.79 Å². The molecule has 2 N–H and O–H groups in total. The summed E-state index contributed by atoms with van der Waals surface area (Å²) in [6.45, 7) is 4.28. The Morgan fingerprint density at radius 2 is 2.21 bits per heavy atom. The largest absolute Gasteiger partial charge is 0.393 e. The second kappa shape index (κ2) is 6.52. The van der Waals surface area contributed by atoms with Crippen molar-refractivity contribution < 1.29 is 9.90 Å². The molecule has 5 heteroatoms. The van der Waals surface area contributed by atoms with Crippen LogP contribution in [-0.2, 0) is 0 Å². The molecule has 2 heterocycles. The van der Waals surface area contributed by atoms with Gasteiger partial charge in [0.25, 0.3) is 5.91 Å². The molecule has 0 bridgehead atoms. The van der Waals surface area contributed by atoms with Crippen molar-refractivity contribution in [3.05, 3.63) is 23.9 Å². The van der Waals surface area contributed by atoms with Gasteiger partial charge in [-0.2, -0.15) is 0 Å². The minimum absolute atomic E-state index is 0.138. The van der Waals surface area contributed by atoms with Crippen LogP contribution in [0.25, 0.3) is 0 Å². The summed E-state index contributed by atoms with van der Waals surface area (Å²) in [5.41, 5.74) is 0.563. The Hall–Kier alpha value is -1.62. The molecule has 0 radical (unpaired) electrons. The number of hydrogen-bond acceptors (Lipinski definition) is 4. The third kappa shape index (κ3) is 3.92. The Kier molecular flexibility index (Phi) is 4.74. The molecular formula is C14H21N3O2. The van der Waals surface area contributed by atoms with Crippen molar-refractivity contribution in [2.75, 3.05) is 24.5 Å². The van der Waals surface area contributed by atoms with Gasteiger partial charge in [-0.05, 0) is 38.3 Å². The molecule has 0 aliphatic carbocycles. The Morgan fingerprint density at radius 3 is 2.79 bits per heavy atom. The predicted octanol–water partition coefficient (Wildman–Crippen LogP) is 1.18. The lowest BCUT2D eigenvalue weighted by Gasteiger charge is -2.16. The predicted molar refractivity (Wildman–Crippen MR) is 74.3 cm³/mol. The maximum atomic E-state index is 11.8. The number of carbonyl (C=O) groups is 1. The summed E-state index contributed by atoms with van der Waals surface area (Å²) in [6, 6.07) is 3.70. The van der Waals surface area contributed by atoms with Crippen molar-refractivity contribution in [1.82, 2.24) is 10.3 Å². The second-order valence-electron chi connectivity index (χ2n) is 4.99. The van der Waals surface area contributed by atoms with Gasteiger partial charge in [0.1, 0.15) is 5.82 Å². The zero-order chi connectivity index (χ0) is 13.7. The molecule has 1 aromatic rings. The number of anilines is 1. The van der Waals surface area contributed by atoms with E-state index in [1.54, 1.807) is 19.2 Å². The first-order valence-corrected chi connectivity index (χ1v) is 6.84. The molecule has 0 aromatic carbocycles. The van der Waals surface area contributed by atoms with E-state index >= 15 is 0 Å². The average molecular weight is 263 g/mol. The average Bonchev–Trinajstić information content (AvgIpc) is 2.92. The van der Waals surface area contributed by atoms with Gasteiger partial charge in [0.15, 0.2) is 0 Å². The number of hydrogen-bond donors (Lipinski definition) is 2. The zero-order valence-electron chi connectivity index (χ0n) is 11.3. The van der Waals surface area contributed by atoms with Crippen LogP contribution in [0.5, 0.6) is 0 Å². The highest BCUT2D eigenvalue weighted by atomic mass is 16.3. The molecule has 0 spiro atoms. The number of amides is 1. The monoisotopic (exact) mass is 263 g/mol. The molecule has 1 atom stereocenters. The van der Waals surface area contributed by atoms with E-state index in [9.17, 15) is 4.79 Å². The van der Waals surface area contributed by atoms with E-state index in [4.69, 9.17) is 5.11 Å². The second-order valence-corrected chi connectivity index (χ2v) is 4.99. The molecule has 5 nitrogen and oxygen atoms in total. The number of nitrogens with one attached hydrogen (secondary N) is 1. The maximum Gasteiger partial charge on any atom is 0.252 e. The lowest BCUT2D eigenvalue weighted by Crippen LogP contribution is -2.27. The molecule has 1 aliphatic rings. The van der Waals surface area contributed by atoms with Gasteiger partial charge in [-0.15, -0.1) is 0 Å². The summed E-state index contributed by atoms with van der Waals surface area (Å²) in [4.78, 5) is 18.4. The summed E-state index contributed by atoms with van der Waals surface area (Å²) >= 11 is 0. The van der Waals surface area contributed by atoms with Crippen LogP contribution in [0.15, 0.2) is 18.3 Å². The van der Waals surface area contributed by atoms with Crippen molar-refractivity contribution in [1.29, 1.82) is 0 Å². The van der Waals surface area contributed by atoms with Crippen LogP contribution in [0.1, 0.15) is 36.5 Å². The van der Waals surface area contributed by atoms with Gasteiger partial charge in [0.05, 0.1) is 11.7 Å². The van der Waals surface area contributed by atoms with Crippen LogP contribution in [-0.4, -0.2) is 41.7 Å². The third-order valence-corrected chi connectivity index (χ3v) is 3.29. The molecule has 1 amide bonds. The molecule has 104 valence electrons. The van der Waals surface area contributed by atoms with Crippen LogP contribution >= 0.6 is 0 Å². The van der Waals surface area contributed by atoms with Crippen molar-refractivity contribution >= 4 is 11.7 Å². The highest BCUT2D eigenvalue weighted by Gasteiger charge is 2.14. The molecule has 1 unspecified atom stereocenters. The Bertz CT molecular complexity index is 411. The molecular weight excluding hydrogens is 242 g/mol. The first-order valence-electron chi connectivity index (χ1n) is 6.84. The Balaban J connectivity index is 1.88. The van der Waals surface area contributed by atoms with Crippen molar-refractivity contribution in [3.63, 3.8) is 0 Å². The molecule has 1 aromatic heterocycles. The van der Waals surface area contributed by atoms with Crippen LogP contribution in [0, 0.1) is 0 Å². The molecule has 1 aliphatic heterocycles. The van der Waals surface area contributed by atoms with Crippen LogP contribution in [0.2, 0.25) is 0 Å². The normalized spacial score (nSPS) is 16.4. The van der Waals surface area contributed by atoms with E-state index < -0.39 is 6.10 Å². The molecule has 2 rings (SSSR count). The number of aromatic nitrogens is 1. The van der Waals surface area contributed by atoms with Crippen molar-refractivity contribution in [2.45, 2.75) is 32.3 Å². The lowest BCUT2D eigenvalue weighted by molar-refractivity contribution is 0.0945. The van der Waals surface area contributed by atoms with Gasteiger partial charge < -0.3 is 15.3 Å². The first kappa shape index (κ1) is 13.8. The molecule has 1 fully saturated rings. The van der Waals surface area contributed by atoms with E-state index in [0.717, 1.165) is 18.9 Å². The maximum absolute atomic E-state index is 11.8. The van der Waals surface area contributed by atoms with Crippen LogP contribution in [0.4, 0.5) is 5.82 Å². The number of nitrogens with zero attached hydrogens (tertiary/aromatic N) is 2. The number of aliphatic hydroxyl groups excluding tert-OH is 1. The van der Waals surface area contributed by atoms with Crippen LogP contribution < -0.4 is 10.2 Å². The van der Waals surface area contributed by atoms with E-state index in [0.29, 0.717) is 18.5 Å². The SMILES string of the molecule is CC(O)CCNC(=O)c1ccc(N2CCCC2)nc1. The standard InChI is InChI=1S/C14H21N3O2/c1-11(18)6-7-15-14(19)12-4-5-13(16-10-12)17-8-2-3-9-17/h4-5,10-11,18H,2-3,6-9H2,1H3,(H,15,19). The third-order valence-electron chi connectivity index (χ3n) is 3.29. The van der Waals surface area contributed by atoms with Gasteiger partial charge in [0, 0.05) is 25.8 Å². The molecule has 1 saturated heterocycles. The van der Waals surface area contributed by atoms with Gasteiger partial charge in [-0.1, -0.05) is 0 Å². The summed E-state index contributed by atoms with van der Waals surface area (Å²) in [7, 11) is 0. The molecule has 0 saturated carbocycles. The summed E-state index contributed by atoms with van der Waals surface area (Å²) in [5, 5.41) is 11.9. The fraction of sp³-hybridized carbons (Fsp3) is 0.571. The lowest BCUT2D eigenvalue weighted by atomic mass is 10.2. The minimum Gasteiger partial charge on any atom is -0.393 e. The van der Waals surface area contributed by atoms with Crippen molar-refractivity contribution in [2.24, 2.45) is 0 Å². The van der Waals surface area contributed by atoms with E-state index in [2.05, 4.69) is 15.2 Å². The number of carbonyl (C=O) groups excluding carboxylic acids is 1. The Labute approximate surface area is 113 Å². The quantitative estimate of drug-likeness (QED) is 0.837. The zero-order valence-corrected chi connectivity index (χ0v) is 11.3. The van der Waals surface area contributed by atoms with Gasteiger partial charge >= 0.3 is 0 Å². The fourth-order valence-corrected chi connectivity index (χ4v) is 2.15. The summed E-state index contributed by atoms with van der Waals surface area (Å²) in [5.74, 6) is 0.805. The van der Waals surface area contributed by atoms with E-state index in [-0.39, 0.29) is 5.91 Å². The topological polar surface area (TPSA) is 65.5 Å². The summed E-state index contributed by atoms with van der Waals surface area (Å²) in [6.07, 6.45) is 4.21. The van der Waals surface area contributed by atoms with Crippen LogP contribution in [0.3, 0.4) is 0 Å². The highest BCUT2D eigenvalue weighted by molar-refractivity contribution is 5.94. The highest BCUT2D eigenvalue weighted by Crippen LogP contribution is 2.17. The number of rotatable bonds is 5. The minimum atomic E-state index is -0.393. The summed E-state index contributed by atoms with van der Waals surface area (Å²) < 4.78 is 0. The van der Waals surface area contributed by atoms with Gasteiger partial charge in [-0.25, -0.2) is 4.98 Å². The number of aliphatic hydroxyl groups is 1.